The van der Waals surface area contributed by atoms with Crippen LogP contribution in [0, 0.1) is 0 Å². The van der Waals surface area contributed by atoms with Gasteiger partial charge in [0.25, 0.3) is 5.91 Å². The first-order valence-corrected chi connectivity index (χ1v) is 9.65. The number of hydrogen-bond acceptors (Lipinski definition) is 5. The maximum absolute atomic E-state index is 12.4. The zero-order valence-electron chi connectivity index (χ0n) is 15.1. The minimum atomic E-state index is -3.54. The van der Waals surface area contributed by atoms with Crippen LogP contribution in [0.3, 0.4) is 0 Å². The normalized spacial score (nSPS) is 12.0. The second-order valence-corrected chi connectivity index (χ2v) is 7.09. The fourth-order valence-corrected chi connectivity index (χ4v) is 3.51. The molecule has 1 N–H and O–H groups in total. The highest BCUT2D eigenvalue weighted by molar-refractivity contribution is 7.89. The number of nitrogens with one attached hydrogen (secondary N) is 1. The zero-order chi connectivity index (χ0) is 19.6. The van der Waals surface area contributed by atoms with E-state index in [2.05, 4.69) is 5.32 Å². The monoisotopic (exact) mass is 380 g/mol. The first-order valence-electron chi connectivity index (χ1n) is 8.21. The maximum atomic E-state index is 12.4. The van der Waals surface area contributed by atoms with Crippen molar-refractivity contribution in [2.24, 2.45) is 0 Å². The van der Waals surface area contributed by atoms with Gasteiger partial charge in [0.15, 0.2) is 6.61 Å². The second-order valence-electron chi connectivity index (χ2n) is 5.15. The molecule has 0 radical (unpaired) electrons. The van der Waals surface area contributed by atoms with Crippen LogP contribution in [0.15, 0.2) is 53.5 Å². The molecule has 0 heterocycles. The number of ether oxygens (including phenoxy) is 1. The maximum Gasteiger partial charge on any atom is 0.331 e. The molecule has 0 unspecified atom stereocenters. The Hall–Kier alpha value is -2.45. The minimum absolute atomic E-state index is 0.153. The van der Waals surface area contributed by atoms with E-state index in [0.29, 0.717) is 18.8 Å². The molecule has 26 heavy (non-hydrogen) atoms. The van der Waals surface area contributed by atoms with Gasteiger partial charge in [0, 0.05) is 24.9 Å². The molecular formula is C18H24N2O5S. The summed E-state index contributed by atoms with van der Waals surface area (Å²) in [6.45, 7) is 5.67. The largest absolute Gasteiger partial charge is 0.452 e. The van der Waals surface area contributed by atoms with Crippen molar-refractivity contribution in [1.82, 2.24) is 4.31 Å². The lowest BCUT2D eigenvalue weighted by Gasteiger charge is -2.18. The zero-order valence-corrected chi connectivity index (χ0v) is 16.0. The summed E-state index contributed by atoms with van der Waals surface area (Å²) in [5.74, 6) is -1.14. The third-order valence-electron chi connectivity index (χ3n) is 3.36. The van der Waals surface area contributed by atoms with Crippen molar-refractivity contribution in [2.75, 3.05) is 25.0 Å². The number of rotatable bonds is 9. The fourth-order valence-electron chi connectivity index (χ4n) is 2.05. The molecule has 0 bridgehead atoms. The average molecular weight is 380 g/mol. The Morgan fingerprint density at radius 2 is 1.73 bits per heavy atom. The molecule has 1 amide bonds. The molecular weight excluding hydrogens is 356 g/mol. The van der Waals surface area contributed by atoms with Gasteiger partial charge in [0.05, 0.1) is 4.90 Å². The molecule has 0 aliphatic carbocycles. The summed E-state index contributed by atoms with van der Waals surface area (Å²) in [4.78, 5) is 23.3. The van der Waals surface area contributed by atoms with Gasteiger partial charge in [-0.1, -0.05) is 32.1 Å². The van der Waals surface area contributed by atoms with Gasteiger partial charge in [0.1, 0.15) is 0 Å². The van der Waals surface area contributed by atoms with E-state index in [1.165, 1.54) is 40.7 Å². The summed E-state index contributed by atoms with van der Waals surface area (Å²) in [5, 5.41) is 2.54. The molecule has 0 aliphatic heterocycles. The number of nitrogens with zero attached hydrogens (tertiary/aromatic N) is 1. The van der Waals surface area contributed by atoms with Crippen LogP contribution in [-0.4, -0.2) is 44.3 Å². The number of amides is 1. The molecule has 0 saturated heterocycles. The molecule has 8 heteroatoms. The minimum Gasteiger partial charge on any atom is -0.452 e. The number of allylic oxidation sites excluding steroid dienone is 3. The average Bonchev–Trinajstić information content (AvgIpc) is 2.61. The van der Waals surface area contributed by atoms with Gasteiger partial charge in [0.2, 0.25) is 10.0 Å². The molecule has 0 atom stereocenters. The Morgan fingerprint density at radius 3 is 2.27 bits per heavy atom. The van der Waals surface area contributed by atoms with Crippen LogP contribution < -0.4 is 5.32 Å². The smallest absolute Gasteiger partial charge is 0.331 e. The van der Waals surface area contributed by atoms with Crippen molar-refractivity contribution in [3.63, 3.8) is 0 Å². The first kappa shape index (κ1) is 21.6. The Bertz CT molecular complexity index is 763. The summed E-state index contributed by atoms with van der Waals surface area (Å²) >= 11 is 0. The molecule has 142 valence electrons. The second kappa shape index (κ2) is 10.5. The van der Waals surface area contributed by atoms with Gasteiger partial charge in [-0.3, -0.25) is 4.79 Å². The van der Waals surface area contributed by atoms with Gasteiger partial charge in [-0.05, 0) is 31.2 Å². The topological polar surface area (TPSA) is 92.8 Å². The Morgan fingerprint density at radius 1 is 1.12 bits per heavy atom. The van der Waals surface area contributed by atoms with Crippen molar-refractivity contribution < 1.29 is 22.7 Å². The predicted octanol–water partition coefficient (Wildman–Crippen LogP) is 2.33. The highest BCUT2D eigenvalue weighted by atomic mass is 32.2. The van der Waals surface area contributed by atoms with E-state index >= 15 is 0 Å². The summed E-state index contributed by atoms with van der Waals surface area (Å²) in [6.07, 6.45) is 6.13. The number of benzene rings is 1. The van der Waals surface area contributed by atoms with Gasteiger partial charge < -0.3 is 10.1 Å². The Kier molecular flexibility index (Phi) is 8.74. The molecule has 1 aromatic carbocycles. The molecule has 1 rings (SSSR count). The van der Waals surface area contributed by atoms with Gasteiger partial charge >= 0.3 is 5.97 Å². The van der Waals surface area contributed by atoms with E-state index in [1.807, 2.05) is 6.92 Å². The summed E-state index contributed by atoms with van der Waals surface area (Å²) < 4.78 is 30.9. The summed E-state index contributed by atoms with van der Waals surface area (Å²) in [6, 6.07) is 5.83. The van der Waals surface area contributed by atoms with Crippen LogP contribution in [0.25, 0.3) is 0 Å². The molecule has 0 aromatic heterocycles. The van der Waals surface area contributed by atoms with Crippen molar-refractivity contribution >= 4 is 27.6 Å². The molecule has 1 aromatic rings. The molecule has 0 fully saturated rings. The number of esters is 1. The number of sulfonamides is 1. The first-order chi connectivity index (χ1) is 12.3. The quantitative estimate of drug-likeness (QED) is 0.403. The molecule has 0 spiro atoms. The van der Waals surface area contributed by atoms with E-state index < -0.39 is 28.5 Å². The lowest BCUT2D eigenvalue weighted by atomic mass is 10.3. The van der Waals surface area contributed by atoms with Crippen LogP contribution in [-0.2, 0) is 24.3 Å². The van der Waals surface area contributed by atoms with Crippen molar-refractivity contribution in [3.8, 4) is 0 Å². The lowest BCUT2D eigenvalue weighted by Crippen LogP contribution is -2.30. The van der Waals surface area contributed by atoms with Crippen molar-refractivity contribution in [2.45, 2.75) is 25.7 Å². The van der Waals surface area contributed by atoms with Gasteiger partial charge in [-0.25, -0.2) is 13.2 Å². The van der Waals surface area contributed by atoms with E-state index in [0.717, 1.165) is 0 Å². The molecule has 7 nitrogen and oxygen atoms in total. The Balaban J connectivity index is 2.64. The predicted molar refractivity (Wildman–Crippen MR) is 100 cm³/mol. The standard InChI is InChI=1S/C18H24N2O5S/c1-4-7-8-9-18(22)25-14-17(21)19-15-10-12-16(13-11-15)26(23,24)20(5-2)6-3/h4,7-13H,5-6,14H2,1-3H3,(H,19,21)/b7-4+,9-8+. The van der Waals surface area contributed by atoms with E-state index in [-0.39, 0.29) is 4.90 Å². The number of anilines is 1. The van der Waals surface area contributed by atoms with Crippen LogP contribution in [0.2, 0.25) is 0 Å². The number of hydrogen-bond donors (Lipinski definition) is 1. The van der Waals surface area contributed by atoms with Crippen LogP contribution in [0.5, 0.6) is 0 Å². The van der Waals surface area contributed by atoms with Crippen LogP contribution in [0.4, 0.5) is 5.69 Å². The fraction of sp³-hybridized carbons (Fsp3) is 0.333. The number of carbonyl (C=O) groups excluding carboxylic acids is 2. The number of carbonyl (C=O) groups is 2. The lowest BCUT2D eigenvalue weighted by molar-refractivity contribution is -0.142. The third kappa shape index (κ3) is 6.45. The van der Waals surface area contributed by atoms with Gasteiger partial charge in [-0.15, -0.1) is 0 Å². The third-order valence-corrected chi connectivity index (χ3v) is 5.43. The molecule has 0 aliphatic rings. The summed E-state index contributed by atoms with van der Waals surface area (Å²) in [5.41, 5.74) is 0.411. The van der Waals surface area contributed by atoms with Crippen LogP contribution in [0.1, 0.15) is 20.8 Å². The van der Waals surface area contributed by atoms with Gasteiger partial charge in [-0.2, -0.15) is 4.31 Å². The highest BCUT2D eigenvalue weighted by Crippen LogP contribution is 2.18. The SMILES string of the molecule is C/C=C/C=C/C(=O)OCC(=O)Nc1ccc(S(=O)(=O)N(CC)CC)cc1. The van der Waals surface area contributed by atoms with E-state index in [4.69, 9.17) is 4.74 Å². The van der Waals surface area contributed by atoms with Crippen molar-refractivity contribution in [1.29, 1.82) is 0 Å². The van der Waals surface area contributed by atoms with E-state index in [1.54, 1.807) is 26.0 Å². The highest BCUT2D eigenvalue weighted by Gasteiger charge is 2.21. The van der Waals surface area contributed by atoms with Crippen LogP contribution >= 0.6 is 0 Å². The van der Waals surface area contributed by atoms with Crippen molar-refractivity contribution in [3.05, 3.63) is 48.6 Å². The summed E-state index contributed by atoms with van der Waals surface area (Å²) in [7, 11) is -3.54. The van der Waals surface area contributed by atoms with E-state index in [9.17, 15) is 18.0 Å². The molecule has 0 saturated carbocycles. The Labute approximate surface area is 154 Å².